The third-order valence-corrected chi connectivity index (χ3v) is 3.35. The van der Waals surface area contributed by atoms with Crippen molar-refractivity contribution < 1.29 is 9.53 Å². The Kier molecular flexibility index (Phi) is 4.52. The molecule has 0 saturated heterocycles. The molecule has 1 heterocycles. The van der Waals surface area contributed by atoms with E-state index in [0.29, 0.717) is 18.8 Å². The highest BCUT2D eigenvalue weighted by atomic mass is 32.1. The Bertz CT molecular complexity index is 549. The summed E-state index contributed by atoms with van der Waals surface area (Å²) in [5.41, 5.74) is 2.78. The topological polar surface area (TPSA) is 51.2 Å². The number of hydrogen-bond donors (Lipinski definition) is 1. The van der Waals surface area contributed by atoms with Crippen molar-refractivity contribution in [3.8, 4) is 0 Å². The number of ether oxygens (including phenoxy) is 1. The van der Waals surface area contributed by atoms with Crippen molar-refractivity contribution in [1.82, 2.24) is 4.98 Å². The van der Waals surface area contributed by atoms with E-state index in [1.807, 2.05) is 0 Å². The molecule has 0 aliphatic carbocycles. The second-order valence-corrected chi connectivity index (χ2v) is 4.96. The van der Waals surface area contributed by atoms with Gasteiger partial charge in [0.1, 0.15) is 0 Å². The van der Waals surface area contributed by atoms with E-state index in [1.54, 1.807) is 12.3 Å². The first kappa shape index (κ1) is 13.5. The SMILES string of the molecule is CCOC(=O)c1csc(NCc2ccc(C)cc2)n1. The Morgan fingerprint density at radius 2 is 2.11 bits per heavy atom. The zero-order chi connectivity index (χ0) is 13.7. The Morgan fingerprint density at radius 1 is 1.37 bits per heavy atom. The van der Waals surface area contributed by atoms with Crippen LogP contribution in [0.1, 0.15) is 28.5 Å². The minimum Gasteiger partial charge on any atom is -0.461 e. The molecule has 0 fully saturated rings. The minimum absolute atomic E-state index is 0.359. The molecule has 0 amide bonds. The first-order valence-corrected chi connectivity index (χ1v) is 6.99. The Hall–Kier alpha value is -1.88. The van der Waals surface area contributed by atoms with Gasteiger partial charge in [0, 0.05) is 11.9 Å². The average Bonchev–Trinajstić information content (AvgIpc) is 2.87. The summed E-state index contributed by atoms with van der Waals surface area (Å²) >= 11 is 1.40. The number of anilines is 1. The summed E-state index contributed by atoms with van der Waals surface area (Å²) < 4.78 is 4.89. The van der Waals surface area contributed by atoms with Gasteiger partial charge in [-0.15, -0.1) is 11.3 Å². The van der Waals surface area contributed by atoms with Crippen LogP contribution in [0.5, 0.6) is 0 Å². The Morgan fingerprint density at radius 3 is 2.79 bits per heavy atom. The van der Waals surface area contributed by atoms with Gasteiger partial charge in [-0.05, 0) is 19.4 Å². The number of rotatable bonds is 5. The maximum Gasteiger partial charge on any atom is 0.357 e. The van der Waals surface area contributed by atoms with Crippen LogP contribution in [0.15, 0.2) is 29.6 Å². The normalized spacial score (nSPS) is 10.2. The smallest absolute Gasteiger partial charge is 0.357 e. The van der Waals surface area contributed by atoms with Gasteiger partial charge in [0.05, 0.1) is 6.61 Å². The molecule has 1 aromatic carbocycles. The molecule has 0 saturated carbocycles. The number of esters is 1. The summed E-state index contributed by atoms with van der Waals surface area (Å²) in [4.78, 5) is 15.7. The predicted molar refractivity (Wildman–Crippen MR) is 76.6 cm³/mol. The first-order chi connectivity index (χ1) is 9.19. The van der Waals surface area contributed by atoms with Crippen LogP contribution >= 0.6 is 11.3 Å². The van der Waals surface area contributed by atoms with Crippen molar-refractivity contribution in [3.05, 3.63) is 46.5 Å². The number of carbonyl (C=O) groups is 1. The van der Waals surface area contributed by atoms with Crippen LogP contribution in [0.3, 0.4) is 0 Å². The molecule has 100 valence electrons. The van der Waals surface area contributed by atoms with Crippen LogP contribution in [0.2, 0.25) is 0 Å². The molecule has 4 nitrogen and oxygen atoms in total. The number of aryl methyl sites for hydroxylation is 1. The van der Waals surface area contributed by atoms with Crippen molar-refractivity contribution in [2.45, 2.75) is 20.4 Å². The Balaban J connectivity index is 1.93. The van der Waals surface area contributed by atoms with Crippen molar-refractivity contribution in [2.24, 2.45) is 0 Å². The minimum atomic E-state index is -0.373. The summed E-state index contributed by atoms with van der Waals surface area (Å²) in [5.74, 6) is -0.373. The molecular weight excluding hydrogens is 260 g/mol. The van der Waals surface area contributed by atoms with Crippen LogP contribution in [0, 0.1) is 6.92 Å². The van der Waals surface area contributed by atoms with Gasteiger partial charge in [0.25, 0.3) is 0 Å². The molecule has 0 bridgehead atoms. The van der Waals surface area contributed by atoms with Gasteiger partial charge in [-0.1, -0.05) is 29.8 Å². The molecule has 0 atom stereocenters. The standard InChI is InChI=1S/C14H16N2O2S/c1-3-18-13(17)12-9-19-14(16-12)15-8-11-6-4-10(2)5-7-11/h4-7,9H,3,8H2,1-2H3,(H,15,16). The summed E-state index contributed by atoms with van der Waals surface area (Å²) in [5, 5.41) is 5.63. The molecule has 0 spiro atoms. The van der Waals surface area contributed by atoms with Crippen LogP contribution in [-0.4, -0.2) is 17.6 Å². The van der Waals surface area contributed by atoms with Crippen LogP contribution < -0.4 is 5.32 Å². The molecule has 2 aromatic rings. The molecule has 1 N–H and O–H groups in total. The maximum atomic E-state index is 11.5. The van der Waals surface area contributed by atoms with Gasteiger partial charge in [0.2, 0.25) is 0 Å². The van der Waals surface area contributed by atoms with Crippen LogP contribution in [-0.2, 0) is 11.3 Å². The lowest BCUT2D eigenvalue weighted by atomic mass is 10.1. The van der Waals surface area contributed by atoms with E-state index in [-0.39, 0.29) is 5.97 Å². The third kappa shape index (κ3) is 3.79. The summed E-state index contributed by atoms with van der Waals surface area (Å²) in [7, 11) is 0. The lowest BCUT2D eigenvalue weighted by Gasteiger charge is -2.03. The molecule has 19 heavy (non-hydrogen) atoms. The zero-order valence-electron chi connectivity index (χ0n) is 11.0. The number of thiazole rings is 1. The molecule has 0 radical (unpaired) electrons. The van der Waals surface area contributed by atoms with E-state index >= 15 is 0 Å². The number of hydrogen-bond acceptors (Lipinski definition) is 5. The van der Waals surface area contributed by atoms with Crippen molar-refractivity contribution in [3.63, 3.8) is 0 Å². The molecule has 5 heteroatoms. The molecule has 1 aromatic heterocycles. The highest BCUT2D eigenvalue weighted by Gasteiger charge is 2.11. The quantitative estimate of drug-likeness (QED) is 0.852. The van der Waals surface area contributed by atoms with E-state index in [1.165, 1.54) is 22.5 Å². The van der Waals surface area contributed by atoms with E-state index in [0.717, 1.165) is 5.13 Å². The predicted octanol–water partition coefficient (Wildman–Crippen LogP) is 3.24. The third-order valence-electron chi connectivity index (χ3n) is 2.55. The Labute approximate surface area is 116 Å². The lowest BCUT2D eigenvalue weighted by Crippen LogP contribution is -2.05. The van der Waals surface area contributed by atoms with Gasteiger partial charge in [-0.3, -0.25) is 0 Å². The van der Waals surface area contributed by atoms with Crippen molar-refractivity contribution in [2.75, 3.05) is 11.9 Å². The molecule has 0 aliphatic heterocycles. The van der Waals surface area contributed by atoms with E-state index in [9.17, 15) is 4.79 Å². The molecule has 0 unspecified atom stereocenters. The van der Waals surface area contributed by atoms with E-state index in [2.05, 4.69) is 41.5 Å². The number of benzene rings is 1. The van der Waals surface area contributed by atoms with Crippen molar-refractivity contribution >= 4 is 22.4 Å². The summed E-state index contributed by atoms with van der Waals surface area (Å²) in [6, 6.07) is 8.29. The second kappa shape index (κ2) is 6.33. The summed E-state index contributed by atoms with van der Waals surface area (Å²) in [6.45, 7) is 4.89. The number of nitrogens with zero attached hydrogens (tertiary/aromatic N) is 1. The fourth-order valence-electron chi connectivity index (χ4n) is 1.54. The van der Waals surface area contributed by atoms with Gasteiger partial charge in [0.15, 0.2) is 10.8 Å². The zero-order valence-corrected chi connectivity index (χ0v) is 11.8. The number of aromatic nitrogens is 1. The molecular formula is C14H16N2O2S. The monoisotopic (exact) mass is 276 g/mol. The molecule has 0 aliphatic rings. The molecule has 2 rings (SSSR count). The van der Waals surface area contributed by atoms with Gasteiger partial charge in [-0.2, -0.15) is 0 Å². The highest BCUT2D eigenvalue weighted by Crippen LogP contribution is 2.17. The van der Waals surface area contributed by atoms with Gasteiger partial charge < -0.3 is 10.1 Å². The van der Waals surface area contributed by atoms with Crippen LogP contribution in [0.25, 0.3) is 0 Å². The first-order valence-electron chi connectivity index (χ1n) is 6.11. The highest BCUT2D eigenvalue weighted by molar-refractivity contribution is 7.13. The van der Waals surface area contributed by atoms with E-state index < -0.39 is 0 Å². The van der Waals surface area contributed by atoms with E-state index in [4.69, 9.17) is 4.74 Å². The summed E-state index contributed by atoms with van der Waals surface area (Å²) in [6.07, 6.45) is 0. The fourth-order valence-corrected chi connectivity index (χ4v) is 2.22. The number of carbonyl (C=O) groups excluding carboxylic acids is 1. The second-order valence-electron chi connectivity index (χ2n) is 4.10. The number of nitrogens with one attached hydrogen (secondary N) is 1. The van der Waals surface area contributed by atoms with Crippen molar-refractivity contribution in [1.29, 1.82) is 0 Å². The maximum absolute atomic E-state index is 11.5. The van der Waals surface area contributed by atoms with Crippen LogP contribution in [0.4, 0.5) is 5.13 Å². The average molecular weight is 276 g/mol. The van der Waals surface area contributed by atoms with Gasteiger partial charge in [-0.25, -0.2) is 9.78 Å². The fraction of sp³-hybridized carbons (Fsp3) is 0.286. The lowest BCUT2D eigenvalue weighted by molar-refractivity contribution is 0.0520. The largest absolute Gasteiger partial charge is 0.461 e. The van der Waals surface area contributed by atoms with Gasteiger partial charge >= 0.3 is 5.97 Å².